The summed E-state index contributed by atoms with van der Waals surface area (Å²) in [4.78, 5) is 13.4. The summed E-state index contributed by atoms with van der Waals surface area (Å²) in [5.41, 5.74) is 2.33. The second-order valence-corrected chi connectivity index (χ2v) is 4.52. The minimum Gasteiger partial charge on any atom is -0.509 e. The predicted octanol–water partition coefficient (Wildman–Crippen LogP) is 1.22. The van der Waals surface area contributed by atoms with Crippen LogP contribution in [0.4, 0.5) is 11.8 Å². The Kier molecular flexibility index (Phi) is 6.15. The van der Waals surface area contributed by atoms with Crippen LogP contribution in [-0.2, 0) is 43.9 Å². The molecule has 0 atom stereocenters. The summed E-state index contributed by atoms with van der Waals surface area (Å²) < 4.78 is 5.35. The average molecular weight is 337 g/mol. The molecule has 19 heavy (non-hydrogen) atoms. The molecule has 103 valence electrons. The van der Waals surface area contributed by atoms with Crippen molar-refractivity contribution < 1.29 is 37.4 Å². The van der Waals surface area contributed by atoms with Gasteiger partial charge in [0.1, 0.15) is 5.82 Å². The molecular weight excluding hydrogens is 317 g/mol. The maximum absolute atomic E-state index is 5.35. The van der Waals surface area contributed by atoms with Crippen LogP contribution in [0.1, 0.15) is 11.3 Å². The van der Waals surface area contributed by atoms with E-state index >= 15 is 0 Å². The van der Waals surface area contributed by atoms with E-state index in [1.165, 1.54) is 5.56 Å². The molecule has 3 rings (SSSR count). The molecule has 2 aliphatic rings. The first kappa shape index (κ1) is 16.8. The zero-order valence-corrected chi connectivity index (χ0v) is 14.6. The fourth-order valence-electron chi connectivity index (χ4n) is 2.38. The zero-order valence-electron chi connectivity index (χ0n) is 11.7. The van der Waals surface area contributed by atoms with Gasteiger partial charge in [-0.2, -0.15) is 4.98 Å². The van der Waals surface area contributed by atoms with Crippen LogP contribution in [0.25, 0.3) is 0 Å². The molecule has 6 heteroatoms. The molecule has 0 amide bonds. The molecule has 0 bridgehead atoms. The Bertz CT molecular complexity index is 435. The third-order valence-corrected chi connectivity index (χ3v) is 3.41. The normalized spacial score (nSPS) is 17.6. The fraction of sp³-hybridized carbons (Fsp3) is 0.538. The standard InChI is InChI=1S/C12H17N4O.CH3.Y/c1-9-10-3-4-15(2)11(10)14-12(13-9)16-5-7-17-8-6-16;;/h2-8H2,1H3;1H3;/q2*-1;. The largest absolute Gasteiger partial charge is 0.509 e. The van der Waals surface area contributed by atoms with Crippen molar-refractivity contribution in [2.24, 2.45) is 0 Å². The smallest absolute Gasteiger partial charge is 0.227 e. The van der Waals surface area contributed by atoms with Crippen LogP contribution in [0, 0.1) is 21.4 Å². The van der Waals surface area contributed by atoms with Crippen molar-refractivity contribution in [3.63, 3.8) is 0 Å². The molecule has 0 aromatic carbocycles. The third kappa shape index (κ3) is 3.26. The molecule has 3 heterocycles. The van der Waals surface area contributed by atoms with Crippen LogP contribution in [0.2, 0.25) is 0 Å². The first-order valence-corrected chi connectivity index (χ1v) is 6.04. The Morgan fingerprint density at radius 2 is 1.84 bits per heavy atom. The van der Waals surface area contributed by atoms with Crippen molar-refractivity contribution in [3.05, 3.63) is 25.7 Å². The molecule has 1 aromatic heterocycles. The number of nitrogens with zero attached hydrogens (tertiary/aromatic N) is 4. The number of rotatable bonds is 1. The fourth-order valence-corrected chi connectivity index (χ4v) is 2.38. The van der Waals surface area contributed by atoms with Crippen molar-refractivity contribution in [1.29, 1.82) is 0 Å². The second kappa shape index (κ2) is 6.96. The van der Waals surface area contributed by atoms with Gasteiger partial charge in [-0.3, -0.25) is 7.05 Å². The number of aryl methyl sites for hydroxylation is 1. The van der Waals surface area contributed by atoms with Gasteiger partial charge in [-0.05, 0) is 19.9 Å². The van der Waals surface area contributed by atoms with Gasteiger partial charge in [0.05, 0.1) is 13.2 Å². The first-order valence-electron chi connectivity index (χ1n) is 6.04. The molecule has 0 unspecified atom stereocenters. The molecule has 0 spiro atoms. The van der Waals surface area contributed by atoms with E-state index in [1.54, 1.807) is 0 Å². The van der Waals surface area contributed by atoms with E-state index in [-0.39, 0.29) is 40.1 Å². The third-order valence-electron chi connectivity index (χ3n) is 3.41. The Labute approximate surface area is 140 Å². The Morgan fingerprint density at radius 1 is 1.16 bits per heavy atom. The monoisotopic (exact) mass is 337 g/mol. The Morgan fingerprint density at radius 3 is 2.53 bits per heavy atom. The molecule has 2 aliphatic heterocycles. The number of fused-ring (bicyclic) bond motifs is 1. The van der Waals surface area contributed by atoms with E-state index in [0.29, 0.717) is 0 Å². The van der Waals surface area contributed by atoms with Crippen molar-refractivity contribution in [3.8, 4) is 0 Å². The minimum atomic E-state index is 0. The van der Waals surface area contributed by atoms with E-state index in [9.17, 15) is 0 Å². The first-order chi connectivity index (χ1) is 8.25. The van der Waals surface area contributed by atoms with Gasteiger partial charge < -0.3 is 22.0 Å². The molecule has 1 saturated heterocycles. The van der Waals surface area contributed by atoms with E-state index < -0.39 is 0 Å². The summed E-state index contributed by atoms with van der Waals surface area (Å²) in [5, 5.41) is 0. The molecule has 1 fully saturated rings. The van der Waals surface area contributed by atoms with Gasteiger partial charge in [0.15, 0.2) is 0 Å². The van der Waals surface area contributed by atoms with Crippen LogP contribution >= 0.6 is 0 Å². The van der Waals surface area contributed by atoms with Gasteiger partial charge in [0, 0.05) is 57.1 Å². The number of aromatic nitrogens is 2. The van der Waals surface area contributed by atoms with E-state index in [2.05, 4.69) is 28.8 Å². The maximum Gasteiger partial charge on any atom is 0.227 e. The van der Waals surface area contributed by atoms with Crippen LogP contribution < -0.4 is 9.80 Å². The quantitative estimate of drug-likeness (QED) is 0.721. The predicted molar refractivity (Wildman–Crippen MR) is 72.6 cm³/mol. The van der Waals surface area contributed by atoms with Crippen molar-refractivity contribution in [2.45, 2.75) is 13.3 Å². The maximum atomic E-state index is 5.35. The SMILES string of the molecule is [CH2-]N1CCc2c(C)nc(N3CCOCC3)nc21.[CH3-].[Y]. The van der Waals surface area contributed by atoms with Gasteiger partial charge in [-0.15, -0.1) is 0 Å². The van der Waals surface area contributed by atoms with Gasteiger partial charge in [-0.25, -0.2) is 4.98 Å². The van der Waals surface area contributed by atoms with E-state index in [0.717, 1.165) is 56.7 Å². The molecular formula is C13H20N4OY-2. The van der Waals surface area contributed by atoms with Crippen LogP contribution in [0.15, 0.2) is 0 Å². The summed E-state index contributed by atoms with van der Waals surface area (Å²) in [6, 6.07) is 0. The van der Waals surface area contributed by atoms with Gasteiger partial charge >= 0.3 is 0 Å². The van der Waals surface area contributed by atoms with E-state index in [4.69, 9.17) is 4.74 Å². The number of hydrogen-bond acceptors (Lipinski definition) is 5. The molecule has 5 nitrogen and oxygen atoms in total. The molecule has 1 aromatic rings. The second-order valence-electron chi connectivity index (χ2n) is 4.52. The summed E-state index contributed by atoms with van der Waals surface area (Å²) in [6.07, 6.45) is 1.01. The van der Waals surface area contributed by atoms with Crippen LogP contribution in [-0.4, -0.2) is 42.8 Å². The van der Waals surface area contributed by atoms with Crippen molar-refractivity contribution in [1.82, 2.24) is 9.97 Å². The van der Waals surface area contributed by atoms with Gasteiger partial charge in [0.25, 0.3) is 0 Å². The van der Waals surface area contributed by atoms with E-state index in [1.807, 2.05) is 4.90 Å². The molecule has 1 radical (unpaired) electrons. The summed E-state index contributed by atoms with van der Waals surface area (Å²) in [7, 11) is 4.01. The number of hydrogen-bond donors (Lipinski definition) is 0. The molecule has 0 N–H and O–H groups in total. The Balaban J connectivity index is 0.000000902. The molecule has 0 saturated carbocycles. The minimum absolute atomic E-state index is 0. The van der Waals surface area contributed by atoms with Crippen LogP contribution in [0.3, 0.4) is 0 Å². The van der Waals surface area contributed by atoms with Crippen molar-refractivity contribution in [2.75, 3.05) is 42.6 Å². The topological polar surface area (TPSA) is 41.5 Å². The van der Waals surface area contributed by atoms with Gasteiger partial charge in [0.2, 0.25) is 5.95 Å². The number of morpholine rings is 1. The summed E-state index contributed by atoms with van der Waals surface area (Å²) in [5.74, 6) is 1.82. The number of ether oxygens (including phenoxy) is 1. The summed E-state index contributed by atoms with van der Waals surface area (Å²) in [6.45, 7) is 6.26. The van der Waals surface area contributed by atoms with Gasteiger partial charge in [-0.1, -0.05) is 0 Å². The van der Waals surface area contributed by atoms with Crippen molar-refractivity contribution >= 4 is 11.8 Å². The number of anilines is 2. The molecule has 0 aliphatic carbocycles. The zero-order chi connectivity index (χ0) is 11.8. The summed E-state index contributed by atoms with van der Waals surface area (Å²) >= 11 is 0. The average Bonchev–Trinajstić information content (AvgIpc) is 2.73. The Hall–Kier alpha value is -0.256. The van der Waals surface area contributed by atoms with Crippen LogP contribution in [0.5, 0.6) is 0 Å².